The molecule has 1 amide bonds. The van der Waals surface area contributed by atoms with Crippen LogP contribution in [-0.4, -0.2) is 37.0 Å². The number of amides is 1. The molecule has 0 bridgehead atoms. The molecular weight excluding hydrogens is 202 g/mol. The lowest BCUT2D eigenvalue weighted by molar-refractivity contribution is -0.145. The molecule has 0 aliphatic rings. The molecule has 0 saturated carbocycles. The van der Waals surface area contributed by atoms with E-state index in [0.29, 0.717) is 12.8 Å². The van der Waals surface area contributed by atoms with E-state index in [1.165, 1.54) is 7.11 Å². The molecule has 0 heterocycles. The SMILES string of the molecule is CCC(=O)NC(CCSC)C(=O)OC. The van der Waals surface area contributed by atoms with Crippen LogP contribution < -0.4 is 5.32 Å². The van der Waals surface area contributed by atoms with Gasteiger partial charge in [-0.15, -0.1) is 0 Å². The highest BCUT2D eigenvalue weighted by molar-refractivity contribution is 7.98. The zero-order valence-corrected chi connectivity index (χ0v) is 9.65. The standard InChI is InChI=1S/C9H17NO3S/c1-4-8(11)10-7(5-6-14-3)9(12)13-2/h7H,4-6H2,1-3H3,(H,10,11). The highest BCUT2D eigenvalue weighted by atomic mass is 32.2. The Bertz CT molecular complexity index is 196. The maximum Gasteiger partial charge on any atom is 0.328 e. The van der Waals surface area contributed by atoms with Gasteiger partial charge in [0.25, 0.3) is 0 Å². The first kappa shape index (κ1) is 13.3. The van der Waals surface area contributed by atoms with E-state index in [1.807, 2.05) is 6.26 Å². The number of carbonyl (C=O) groups is 2. The summed E-state index contributed by atoms with van der Waals surface area (Å²) >= 11 is 1.63. The Morgan fingerprint density at radius 1 is 1.50 bits per heavy atom. The number of carbonyl (C=O) groups excluding carboxylic acids is 2. The molecule has 82 valence electrons. The van der Waals surface area contributed by atoms with Crippen molar-refractivity contribution >= 4 is 23.6 Å². The van der Waals surface area contributed by atoms with Crippen molar-refractivity contribution in [3.05, 3.63) is 0 Å². The molecule has 0 spiro atoms. The van der Waals surface area contributed by atoms with Gasteiger partial charge in [-0.25, -0.2) is 4.79 Å². The van der Waals surface area contributed by atoms with E-state index in [2.05, 4.69) is 10.1 Å². The van der Waals surface area contributed by atoms with Crippen molar-refractivity contribution in [2.45, 2.75) is 25.8 Å². The molecule has 0 fully saturated rings. The van der Waals surface area contributed by atoms with E-state index in [0.717, 1.165) is 5.75 Å². The summed E-state index contributed by atoms with van der Waals surface area (Å²) in [6.45, 7) is 1.75. The number of hydrogen-bond donors (Lipinski definition) is 1. The van der Waals surface area contributed by atoms with Gasteiger partial charge in [0.15, 0.2) is 0 Å². The van der Waals surface area contributed by atoms with E-state index in [-0.39, 0.29) is 11.9 Å². The second kappa shape index (κ2) is 7.67. The third-order valence-electron chi connectivity index (χ3n) is 1.75. The van der Waals surface area contributed by atoms with Crippen LogP contribution in [-0.2, 0) is 14.3 Å². The number of methoxy groups -OCH3 is 1. The molecule has 0 radical (unpaired) electrons. The second-order valence-electron chi connectivity index (χ2n) is 2.78. The molecule has 1 atom stereocenters. The Morgan fingerprint density at radius 2 is 2.14 bits per heavy atom. The van der Waals surface area contributed by atoms with Crippen LogP contribution in [0.5, 0.6) is 0 Å². The number of thioether (sulfide) groups is 1. The maximum absolute atomic E-state index is 11.2. The topological polar surface area (TPSA) is 55.4 Å². The molecule has 4 nitrogen and oxygen atoms in total. The van der Waals surface area contributed by atoms with Crippen LogP contribution in [0.2, 0.25) is 0 Å². The normalized spacial score (nSPS) is 11.9. The average molecular weight is 219 g/mol. The summed E-state index contributed by atoms with van der Waals surface area (Å²) in [5.41, 5.74) is 0. The summed E-state index contributed by atoms with van der Waals surface area (Å²) in [6.07, 6.45) is 2.95. The Morgan fingerprint density at radius 3 is 2.57 bits per heavy atom. The summed E-state index contributed by atoms with van der Waals surface area (Å²) in [4.78, 5) is 22.3. The fraction of sp³-hybridized carbons (Fsp3) is 0.778. The Balaban J connectivity index is 4.09. The van der Waals surface area contributed by atoms with Gasteiger partial charge >= 0.3 is 5.97 Å². The van der Waals surface area contributed by atoms with Crippen molar-refractivity contribution in [2.75, 3.05) is 19.1 Å². The molecule has 0 aromatic carbocycles. The van der Waals surface area contributed by atoms with Crippen molar-refractivity contribution in [1.29, 1.82) is 0 Å². The fourth-order valence-electron chi connectivity index (χ4n) is 0.923. The lowest BCUT2D eigenvalue weighted by Crippen LogP contribution is -2.41. The summed E-state index contributed by atoms with van der Waals surface area (Å²) in [5, 5.41) is 2.63. The van der Waals surface area contributed by atoms with Gasteiger partial charge in [-0.05, 0) is 18.4 Å². The predicted octanol–water partition coefficient (Wildman–Crippen LogP) is 0.807. The lowest BCUT2D eigenvalue weighted by Gasteiger charge is -2.15. The third kappa shape index (κ3) is 5.11. The van der Waals surface area contributed by atoms with E-state index in [4.69, 9.17) is 0 Å². The number of rotatable bonds is 6. The van der Waals surface area contributed by atoms with Gasteiger partial charge in [0, 0.05) is 6.42 Å². The summed E-state index contributed by atoms with van der Waals surface area (Å²) < 4.78 is 4.59. The van der Waals surface area contributed by atoms with Gasteiger partial charge in [0.1, 0.15) is 6.04 Å². The van der Waals surface area contributed by atoms with Crippen LogP contribution in [0.3, 0.4) is 0 Å². The second-order valence-corrected chi connectivity index (χ2v) is 3.76. The number of ether oxygens (including phenoxy) is 1. The van der Waals surface area contributed by atoms with Gasteiger partial charge in [-0.3, -0.25) is 4.79 Å². The van der Waals surface area contributed by atoms with E-state index >= 15 is 0 Å². The molecule has 0 aliphatic heterocycles. The van der Waals surface area contributed by atoms with Crippen LogP contribution in [0, 0.1) is 0 Å². The molecule has 1 unspecified atom stereocenters. The quantitative estimate of drug-likeness (QED) is 0.672. The maximum atomic E-state index is 11.2. The van der Waals surface area contributed by atoms with Crippen molar-refractivity contribution in [2.24, 2.45) is 0 Å². The molecule has 0 saturated heterocycles. The van der Waals surface area contributed by atoms with Gasteiger partial charge in [0.05, 0.1) is 7.11 Å². The summed E-state index contributed by atoms with van der Waals surface area (Å²) in [7, 11) is 1.33. The van der Waals surface area contributed by atoms with Crippen molar-refractivity contribution in [3.8, 4) is 0 Å². The lowest BCUT2D eigenvalue weighted by atomic mass is 10.2. The molecule has 1 N–H and O–H groups in total. The third-order valence-corrected chi connectivity index (χ3v) is 2.40. The molecule has 0 rings (SSSR count). The largest absolute Gasteiger partial charge is 0.467 e. The van der Waals surface area contributed by atoms with Crippen LogP contribution >= 0.6 is 11.8 Å². The van der Waals surface area contributed by atoms with Crippen LogP contribution in [0.1, 0.15) is 19.8 Å². The monoisotopic (exact) mass is 219 g/mol. The zero-order chi connectivity index (χ0) is 11.0. The van der Waals surface area contributed by atoms with E-state index in [9.17, 15) is 9.59 Å². The highest BCUT2D eigenvalue weighted by Crippen LogP contribution is 2.02. The Labute approximate surface area is 88.8 Å². The van der Waals surface area contributed by atoms with Gasteiger partial charge in [0.2, 0.25) is 5.91 Å². The minimum absolute atomic E-state index is 0.124. The van der Waals surface area contributed by atoms with Crippen molar-refractivity contribution in [1.82, 2.24) is 5.32 Å². The first-order valence-corrected chi connectivity index (χ1v) is 5.91. The Kier molecular flexibility index (Phi) is 7.28. The minimum atomic E-state index is -0.500. The first-order valence-electron chi connectivity index (χ1n) is 4.51. The zero-order valence-electron chi connectivity index (χ0n) is 8.83. The van der Waals surface area contributed by atoms with E-state index in [1.54, 1.807) is 18.7 Å². The van der Waals surface area contributed by atoms with Gasteiger partial charge in [-0.2, -0.15) is 11.8 Å². The number of hydrogen-bond acceptors (Lipinski definition) is 4. The van der Waals surface area contributed by atoms with Crippen LogP contribution in [0.15, 0.2) is 0 Å². The highest BCUT2D eigenvalue weighted by Gasteiger charge is 2.19. The van der Waals surface area contributed by atoms with Crippen LogP contribution in [0.4, 0.5) is 0 Å². The molecule has 0 aliphatic carbocycles. The smallest absolute Gasteiger partial charge is 0.328 e. The molecule has 5 heteroatoms. The summed E-state index contributed by atoms with van der Waals surface area (Å²) in [6, 6.07) is -0.500. The van der Waals surface area contributed by atoms with Crippen molar-refractivity contribution < 1.29 is 14.3 Å². The van der Waals surface area contributed by atoms with E-state index < -0.39 is 6.04 Å². The first-order chi connectivity index (χ1) is 6.65. The number of nitrogens with one attached hydrogen (secondary N) is 1. The minimum Gasteiger partial charge on any atom is -0.467 e. The fourth-order valence-corrected chi connectivity index (χ4v) is 1.39. The molecule has 0 aromatic heterocycles. The number of esters is 1. The predicted molar refractivity (Wildman–Crippen MR) is 57.2 cm³/mol. The van der Waals surface area contributed by atoms with Gasteiger partial charge < -0.3 is 10.1 Å². The molecule has 0 aromatic rings. The summed E-state index contributed by atoms with van der Waals surface area (Å²) in [5.74, 6) is 0.325. The molecule has 14 heavy (non-hydrogen) atoms. The van der Waals surface area contributed by atoms with Crippen molar-refractivity contribution in [3.63, 3.8) is 0 Å². The van der Waals surface area contributed by atoms with Gasteiger partial charge in [-0.1, -0.05) is 6.92 Å². The van der Waals surface area contributed by atoms with Crippen LogP contribution in [0.25, 0.3) is 0 Å². The molecular formula is C9H17NO3S. The Hall–Kier alpha value is -0.710. The average Bonchev–Trinajstić information content (AvgIpc) is 2.22.